The van der Waals surface area contributed by atoms with Gasteiger partial charge in [-0.05, 0) is 92.0 Å². The van der Waals surface area contributed by atoms with E-state index in [1.54, 1.807) is 24.8 Å². The number of hydrogen-bond acceptors (Lipinski definition) is 8. The molecule has 3 unspecified atom stereocenters. The topological polar surface area (TPSA) is 136 Å². The molecule has 3 fully saturated rings. The lowest BCUT2D eigenvalue weighted by Crippen LogP contribution is -2.41. The van der Waals surface area contributed by atoms with Crippen molar-refractivity contribution >= 4 is 40.5 Å². The number of likely N-dealkylation sites (tertiary alicyclic amines) is 1. The zero-order valence-electron chi connectivity index (χ0n) is 37.9. The molecule has 3 aliphatic rings. The number of thiophene rings is 1. The van der Waals surface area contributed by atoms with E-state index in [9.17, 15) is 9.59 Å². The van der Waals surface area contributed by atoms with Crippen molar-refractivity contribution in [3.05, 3.63) is 109 Å². The summed E-state index contributed by atoms with van der Waals surface area (Å²) >= 11 is 1.77. The number of benzene rings is 3. The minimum Gasteiger partial charge on any atom is -0.370 e. The van der Waals surface area contributed by atoms with Gasteiger partial charge in [-0.3, -0.25) is 14.9 Å². The van der Waals surface area contributed by atoms with Crippen LogP contribution in [0.3, 0.4) is 0 Å². The van der Waals surface area contributed by atoms with Gasteiger partial charge in [0.15, 0.2) is 0 Å². The Morgan fingerprint density at radius 3 is 2.18 bits per heavy atom. The molecule has 9 rings (SSSR count). The third-order valence-electron chi connectivity index (χ3n) is 10.7. The molecule has 12 heteroatoms. The highest BCUT2D eigenvalue weighted by molar-refractivity contribution is 7.18. The second-order valence-corrected chi connectivity index (χ2v) is 15.3. The molecule has 6 aromatic rings. The van der Waals surface area contributed by atoms with E-state index in [0.717, 1.165) is 77.8 Å². The van der Waals surface area contributed by atoms with Gasteiger partial charge in [-0.25, -0.2) is 9.97 Å². The normalized spacial score (nSPS) is 16.7. The van der Waals surface area contributed by atoms with Crippen molar-refractivity contribution in [2.45, 2.75) is 112 Å². The van der Waals surface area contributed by atoms with Crippen LogP contribution in [0.15, 0.2) is 97.5 Å². The third kappa shape index (κ3) is 12.6. The Labute approximate surface area is 372 Å². The van der Waals surface area contributed by atoms with Gasteiger partial charge >= 0.3 is 0 Å². The molecule has 0 radical (unpaired) electrons. The monoisotopic (exact) mass is 861 g/mol. The number of amides is 2. The van der Waals surface area contributed by atoms with E-state index in [1.165, 1.54) is 41.5 Å². The van der Waals surface area contributed by atoms with Crippen molar-refractivity contribution in [2.75, 3.05) is 26.9 Å². The number of piperidine rings is 1. The minimum atomic E-state index is -0.479. The first-order chi connectivity index (χ1) is 30.5. The van der Waals surface area contributed by atoms with Crippen LogP contribution in [0.2, 0.25) is 0 Å². The molecule has 332 valence electrons. The van der Waals surface area contributed by atoms with Crippen LogP contribution < -0.4 is 5.32 Å². The summed E-state index contributed by atoms with van der Waals surface area (Å²) in [6.07, 6.45) is 11.8. The number of rotatable bonds is 9. The Morgan fingerprint density at radius 1 is 0.871 bits per heavy atom. The van der Waals surface area contributed by atoms with Crippen molar-refractivity contribution in [1.82, 2.24) is 35.1 Å². The average molecular weight is 862 g/mol. The lowest BCUT2D eigenvalue weighted by Gasteiger charge is -2.29. The summed E-state index contributed by atoms with van der Waals surface area (Å²) in [5.74, 6) is 1.27. The zero-order chi connectivity index (χ0) is 44.9. The summed E-state index contributed by atoms with van der Waals surface area (Å²) in [5.41, 5.74) is 7.25. The molecule has 6 heterocycles. The van der Waals surface area contributed by atoms with E-state index >= 15 is 0 Å². The molecule has 3 saturated heterocycles. The van der Waals surface area contributed by atoms with E-state index in [-0.39, 0.29) is 18.7 Å². The van der Waals surface area contributed by atoms with Gasteiger partial charge in [-0.1, -0.05) is 102 Å². The molecule has 3 aromatic heterocycles. The largest absolute Gasteiger partial charge is 0.370 e. The third-order valence-corrected chi connectivity index (χ3v) is 11.8. The maximum absolute atomic E-state index is 13.9. The van der Waals surface area contributed by atoms with E-state index in [4.69, 9.17) is 14.5 Å². The highest BCUT2D eigenvalue weighted by atomic mass is 32.1. The van der Waals surface area contributed by atoms with Gasteiger partial charge in [-0.2, -0.15) is 0 Å². The van der Waals surface area contributed by atoms with Gasteiger partial charge < -0.3 is 29.3 Å². The van der Waals surface area contributed by atoms with Gasteiger partial charge in [0.1, 0.15) is 18.2 Å². The first-order valence-electron chi connectivity index (χ1n) is 22.4. The Kier molecular flexibility index (Phi) is 20.8. The molecular weight excluding hydrogens is 795 g/mol. The number of nitrogens with zero attached hydrogens (tertiary/aromatic N) is 4. The summed E-state index contributed by atoms with van der Waals surface area (Å²) in [6, 6.07) is 29.1. The Hall–Kier alpha value is -5.43. The van der Waals surface area contributed by atoms with Crippen LogP contribution in [0, 0.1) is 0 Å². The van der Waals surface area contributed by atoms with Crippen molar-refractivity contribution in [1.29, 1.82) is 0 Å². The van der Waals surface area contributed by atoms with Gasteiger partial charge in [-0.15, -0.1) is 11.3 Å². The molecule has 11 nitrogen and oxygen atoms in total. The van der Waals surface area contributed by atoms with Crippen LogP contribution in [-0.4, -0.2) is 80.8 Å². The van der Waals surface area contributed by atoms with Gasteiger partial charge in [0, 0.05) is 42.4 Å². The Balaban J connectivity index is 0.000000374. The van der Waals surface area contributed by atoms with Crippen LogP contribution in [0.1, 0.15) is 117 Å². The highest BCUT2D eigenvalue weighted by Gasteiger charge is 2.36. The molecular formula is C50H67N7O4S. The molecule has 0 saturated carbocycles. The zero-order valence-corrected chi connectivity index (χ0v) is 38.8. The van der Waals surface area contributed by atoms with Gasteiger partial charge in [0.05, 0.1) is 42.0 Å². The molecule has 0 bridgehead atoms. The average Bonchev–Trinajstić information content (AvgIpc) is 4.19. The van der Waals surface area contributed by atoms with Crippen molar-refractivity contribution < 1.29 is 19.1 Å². The smallest absolute Gasteiger partial charge is 0.244 e. The second-order valence-electron chi connectivity index (χ2n) is 14.2. The van der Waals surface area contributed by atoms with Gasteiger partial charge in [0.25, 0.3) is 0 Å². The molecule has 2 amide bonds. The molecule has 0 aliphatic carbocycles. The number of aromatic amines is 2. The summed E-state index contributed by atoms with van der Waals surface area (Å²) in [7, 11) is 1.62. The van der Waals surface area contributed by atoms with Crippen molar-refractivity contribution in [2.24, 2.45) is 0 Å². The van der Waals surface area contributed by atoms with E-state index < -0.39 is 6.04 Å². The number of imidazole rings is 2. The number of hydrogen-bond donors (Lipinski definition) is 3. The van der Waals surface area contributed by atoms with Crippen LogP contribution in [0.5, 0.6) is 0 Å². The Morgan fingerprint density at radius 2 is 1.52 bits per heavy atom. The van der Waals surface area contributed by atoms with Crippen LogP contribution in [-0.2, 0) is 19.1 Å². The van der Waals surface area contributed by atoms with Crippen LogP contribution in [0.4, 0.5) is 0 Å². The first kappa shape index (κ1) is 49.2. The summed E-state index contributed by atoms with van der Waals surface area (Å²) in [6.45, 7) is 15.5. The fourth-order valence-electron chi connectivity index (χ4n) is 7.95. The molecule has 3 atom stereocenters. The first-order valence-corrected chi connectivity index (χ1v) is 23.2. The molecule has 0 spiro atoms. The maximum Gasteiger partial charge on any atom is 0.244 e. The standard InChI is InChI=1S/C34H32N6O2S.C8H13NO.C2H4O.3C2H6/c1-42-21-37-32(24-6-3-2-4-7-24)34(41)40-17-5-8-29(40)33-38-26-14-13-25(18-27(26)39-33)31-16-15-30(43-31)23-11-9-22(10-12-23)28-19-35-20-36-28;10-8-5-1-3-7-4-2-6-9(7)8;1-2-3;3*1-2/h2-4,6-7,9-16,18-20,29,32,37H,5,8,17,21H2,1H3,(H,35,36)(H,38,39);7H,1-6H2;2H,1H3;3*1-2H3. The quantitative estimate of drug-likeness (QED) is 0.0972. The number of ether oxygens (including phenoxy) is 1. The minimum absolute atomic E-state index is 0.0376. The molecule has 3 aliphatic heterocycles. The number of aromatic nitrogens is 4. The number of carbonyl (C=O) groups excluding carboxylic acids is 3. The number of carbonyl (C=O) groups is 3. The molecule has 62 heavy (non-hydrogen) atoms. The predicted molar refractivity (Wildman–Crippen MR) is 255 cm³/mol. The van der Waals surface area contributed by atoms with Crippen LogP contribution in [0.25, 0.3) is 43.2 Å². The summed E-state index contributed by atoms with van der Waals surface area (Å²) in [5, 5.41) is 3.26. The van der Waals surface area contributed by atoms with E-state index in [0.29, 0.717) is 18.5 Å². The lowest BCUT2D eigenvalue weighted by molar-refractivity contribution is -0.135. The van der Waals surface area contributed by atoms with Gasteiger partial charge in [0.2, 0.25) is 11.8 Å². The van der Waals surface area contributed by atoms with Crippen molar-refractivity contribution in [3.8, 4) is 32.1 Å². The number of methoxy groups -OCH3 is 1. The van der Waals surface area contributed by atoms with Crippen LogP contribution >= 0.6 is 11.3 Å². The SMILES string of the molecule is CC.CC.CC.CC=O.COCNC(C(=O)N1CCCC1c1nc2ccc(-c3ccc(-c4ccc(-c5cnc[nH]5)cc4)s3)cc2[nH]1)c1ccccc1.O=C1CCCC2CCCN12. The summed E-state index contributed by atoms with van der Waals surface area (Å²) < 4.78 is 5.25. The number of aldehydes is 1. The van der Waals surface area contributed by atoms with E-state index in [1.807, 2.05) is 83.0 Å². The lowest BCUT2D eigenvalue weighted by atomic mass is 10.0. The molecule has 3 aromatic carbocycles. The second kappa shape index (κ2) is 26.1. The number of fused-ring (bicyclic) bond motifs is 2. The maximum atomic E-state index is 13.9. The summed E-state index contributed by atoms with van der Waals surface area (Å²) in [4.78, 5) is 56.1. The highest BCUT2D eigenvalue weighted by Crippen LogP contribution is 2.38. The Bertz CT molecular complexity index is 2200. The molecule has 3 N–H and O–H groups in total. The van der Waals surface area contributed by atoms with Crippen molar-refractivity contribution in [3.63, 3.8) is 0 Å². The predicted octanol–water partition coefficient (Wildman–Crippen LogP) is 11.4. The van der Waals surface area contributed by atoms with E-state index in [2.05, 4.69) is 79.8 Å². The number of nitrogens with one attached hydrogen (secondary N) is 3. The number of H-pyrrole nitrogens is 2. The fourth-order valence-corrected chi connectivity index (χ4v) is 8.96. The fraction of sp³-hybridized carbons (Fsp3) is 0.420.